The summed E-state index contributed by atoms with van der Waals surface area (Å²) in [5.74, 6) is -0.332. The molecule has 0 unspecified atom stereocenters. The predicted molar refractivity (Wildman–Crippen MR) is 86.6 cm³/mol. The van der Waals surface area contributed by atoms with Crippen molar-refractivity contribution in [3.05, 3.63) is 45.8 Å². The van der Waals surface area contributed by atoms with Crippen LogP contribution in [0.2, 0.25) is 0 Å². The van der Waals surface area contributed by atoms with E-state index in [1.54, 1.807) is 6.92 Å². The van der Waals surface area contributed by atoms with Crippen LogP contribution in [0, 0.1) is 24.0 Å². The molecule has 1 N–H and O–H groups in total. The van der Waals surface area contributed by atoms with Crippen LogP contribution in [0.1, 0.15) is 11.3 Å². The van der Waals surface area contributed by atoms with Gasteiger partial charge in [0, 0.05) is 0 Å². The Hall–Kier alpha value is -2.81. The third-order valence-electron chi connectivity index (χ3n) is 3.36. The van der Waals surface area contributed by atoms with Gasteiger partial charge in [-0.3, -0.25) is 19.6 Å². The molecule has 3 rings (SSSR count). The summed E-state index contributed by atoms with van der Waals surface area (Å²) in [4.78, 5) is 26.7. The number of nitro groups is 1. The molecule has 0 aliphatic heterocycles. The number of nitrogens with zero attached hydrogens (tertiary/aromatic N) is 4. The summed E-state index contributed by atoms with van der Waals surface area (Å²) >= 11 is 1.38. The van der Waals surface area contributed by atoms with Crippen molar-refractivity contribution in [2.75, 3.05) is 5.32 Å². The summed E-state index contributed by atoms with van der Waals surface area (Å²) < 4.78 is 2.29. The zero-order valence-electron chi connectivity index (χ0n) is 12.4. The number of nitrogens with one attached hydrogen (secondary N) is 1. The lowest BCUT2D eigenvalue weighted by atomic mass is 10.2. The number of amides is 1. The summed E-state index contributed by atoms with van der Waals surface area (Å²) in [6, 6.07) is 5.86. The molecule has 0 radical (unpaired) electrons. The van der Waals surface area contributed by atoms with E-state index in [2.05, 4.69) is 15.4 Å². The Kier molecular flexibility index (Phi) is 3.78. The number of aryl methyl sites for hydroxylation is 1. The van der Waals surface area contributed by atoms with Crippen LogP contribution in [0.4, 0.5) is 10.8 Å². The third-order valence-corrected chi connectivity index (χ3v) is 4.29. The highest BCUT2D eigenvalue weighted by Gasteiger charge is 2.18. The molecule has 0 saturated heterocycles. The van der Waals surface area contributed by atoms with Gasteiger partial charge in [0.1, 0.15) is 18.4 Å². The van der Waals surface area contributed by atoms with E-state index in [9.17, 15) is 14.9 Å². The fourth-order valence-electron chi connectivity index (χ4n) is 2.16. The Morgan fingerprint density at radius 2 is 2.22 bits per heavy atom. The average molecular weight is 331 g/mol. The smallest absolute Gasteiger partial charge is 0.300 e. The molecule has 1 amide bonds. The van der Waals surface area contributed by atoms with Crippen molar-refractivity contribution in [1.29, 1.82) is 0 Å². The van der Waals surface area contributed by atoms with Crippen molar-refractivity contribution in [2.24, 2.45) is 0 Å². The highest BCUT2D eigenvalue weighted by Crippen LogP contribution is 2.26. The van der Waals surface area contributed by atoms with Crippen molar-refractivity contribution in [2.45, 2.75) is 20.4 Å². The average Bonchev–Trinajstić information content (AvgIpc) is 3.02. The first-order valence-corrected chi connectivity index (χ1v) is 7.59. The largest absolute Gasteiger partial charge is 0.309 e. The summed E-state index contributed by atoms with van der Waals surface area (Å²) in [6.45, 7) is 3.44. The molecule has 23 heavy (non-hydrogen) atoms. The molecule has 118 valence electrons. The van der Waals surface area contributed by atoms with Gasteiger partial charge in [-0.2, -0.15) is 5.10 Å². The normalized spacial score (nSPS) is 10.9. The standard InChI is InChI=1S/C14H13N5O3S/c1-8-3-4-10-12(5-8)23-14(16-10)17-13(20)7-18-9(2)11(6-15-18)19(21)22/h3-6H,7H2,1-2H3,(H,16,17,20). The molecular weight excluding hydrogens is 318 g/mol. The molecule has 9 heteroatoms. The summed E-state index contributed by atoms with van der Waals surface area (Å²) in [5.41, 5.74) is 2.18. The number of aromatic nitrogens is 3. The second-order valence-corrected chi connectivity index (χ2v) is 6.10. The van der Waals surface area contributed by atoms with Crippen molar-refractivity contribution < 1.29 is 9.72 Å². The molecule has 2 aromatic heterocycles. The quantitative estimate of drug-likeness (QED) is 0.585. The maximum atomic E-state index is 12.1. The molecule has 0 atom stereocenters. The molecular formula is C14H13N5O3S. The predicted octanol–water partition coefficient (Wildman–Crippen LogP) is 2.66. The van der Waals surface area contributed by atoms with Gasteiger partial charge >= 0.3 is 5.69 Å². The highest BCUT2D eigenvalue weighted by atomic mass is 32.1. The van der Waals surface area contributed by atoms with E-state index in [0.29, 0.717) is 10.8 Å². The lowest BCUT2D eigenvalue weighted by Gasteiger charge is -2.03. The molecule has 8 nitrogen and oxygen atoms in total. The van der Waals surface area contributed by atoms with E-state index in [0.717, 1.165) is 22.0 Å². The Morgan fingerprint density at radius 1 is 1.43 bits per heavy atom. The highest BCUT2D eigenvalue weighted by molar-refractivity contribution is 7.22. The van der Waals surface area contributed by atoms with E-state index in [4.69, 9.17) is 0 Å². The Bertz CT molecular complexity index is 914. The van der Waals surface area contributed by atoms with Crippen molar-refractivity contribution in [3.8, 4) is 0 Å². The van der Waals surface area contributed by atoms with Crippen molar-refractivity contribution in [1.82, 2.24) is 14.8 Å². The Balaban J connectivity index is 1.74. The maximum absolute atomic E-state index is 12.1. The van der Waals surface area contributed by atoms with Crippen molar-refractivity contribution >= 4 is 38.3 Å². The molecule has 1 aromatic carbocycles. The molecule has 0 aliphatic carbocycles. The number of rotatable bonds is 4. The minimum absolute atomic E-state index is 0.103. The van der Waals surface area contributed by atoms with E-state index >= 15 is 0 Å². The van der Waals surface area contributed by atoms with Gasteiger partial charge in [-0.25, -0.2) is 4.98 Å². The first-order chi connectivity index (χ1) is 10.9. The number of fused-ring (bicyclic) bond motifs is 1. The van der Waals surface area contributed by atoms with Crippen LogP contribution in [0.5, 0.6) is 0 Å². The number of benzene rings is 1. The molecule has 0 saturated carbocycles. The van der Waals surface area contributed by atoms with Gasteiger partial charge in [0.15, 0.2) is 5.13 Å². The summed E-state index contributed by atoms with van der Waals surface area (Å²) in [7, 11) is 0. The zero-order chi connectivity index (χ0) is 16.6. The van der Waals surface area contributed by atoms with Gasteiger partial charge in [0.05, 0.1) is 15.1 Å². The lowest BCUT2D eigenvalue weighted by molar-refractivity contribution is -0.385. The van der Waals surface area contributed by atoms with Crippen LogP contribution in [-0.4, -0.2) is 25.6 Å². The monoisotopic (exact) mass is 331 g/mol. The van der Waals surface area contributed by atoms with E-state index < -0.39 is 4.92 Å². The third kappa shape index (κ3) is 3.04. The molecule has 0 fully saturated rings. The van der Waals surface area contributed by atoms with E-state index in [1.807, 2.05) is 25.1 Å². The van der Waals surface area contributed by atoms with Crippen LogP contribution >= 0.6 is 11.3 Å². The SMILES string of the molecule is Cc1ccc2nc(NC(=O)Cn3ncc([N+](=O)[O-])c3C)sc2c1. The van der Waals surface area contributed by atoms with Crippen LogP contribution in [0.3, 0.4) is 0 Å². The fraction of sp³-hybridized carbons (Fsp3) is 0.214. The lowest BCUT2D eigenvalue weighted by Crippen LogP contribution is -2.20. The van der Waals surface area contributed by atoms with Gasteiger partial charge in [-0.05, 0) is 31.5 Å². The molecule has 0 bridgehead atoms. The van der Waals surface area contributed by atoms with Crippen LogP contribution < -0.4 is 5.32 Å². The number of carbonyl (C=O) groups excluding carboxylic acids is 1. The second-order valence-electron chi connectivity index (χ2n) is 5.07. The van der Waals surface area contributed by atoms with Gasteiger partial charge in [-0.15, -0.1) is 0 Å². The van der Waals surface area contributed by atoms with Crippen LogP contribution in [0.15, 0.2) is 24.4 Å². The second kappa shape index (κ2) is 5.76. The van der Waals surface area contributed by atoms with Gasteiger partial charge in [0.2, 0.25) is 5.91 Å². The van der Waals surface area contributed by atoms with Crippen molar-refractivity contribution in [3.63, 3.8) is 0 Å². The van der Waals surface area contributed by atoms with Crippen LogP contribution in [-0.2, 0) is 11.3 Å². The number of carbonyl (C=O) groups is 1. The number of anilines is 1. The zero-order valence-corrected chi connectivity index (χ0v) is 13.3. The first kappa shape index (κ1) is 15.1. The first-order valence-electron chi connectivity index (χ1n) is 6.78. The summed E-state index contributed by atoms with van der Waals surface area (Å²) in [6.07, 6.45) is 1.14. The molecule has 0 aliphatic rings. The molecule has 2 heterocycles. The topological polar surface area (TPSA) is 103 Å². The Labute approximate surface area is 134 Å². The molecule has 0 spiro atoms. The Morgan fingerprint density at radius 3 is 2.91 bits per heavy atom. The number of thiazole rings is 1. The minimum Gasteiger partial charge on any atom is -0.300 e. The van der Waals surface area contributed by atoms with E-state index in [-0.39, 0.29) is 18.1 Å². The van der Waals surface area contributed by atoms with Gasteiger partial charge in [-0.1, -0.05) is 17.4 Å². The maximum Gasteiger partial charge on any atom is 0.309 e. The number of hydrogen-bond donors (Lipinski definition) is 1. The van der Waals surface area contributed by atoms with Gasteiger partial charge < -0.3 is 5.32 Å². The number of hydrogen-bond acceptors (Lipinski definition) is 6. The fourth-order valence-corrected chi connectivity index (χ4v) is 3.14. The summed E-state index contributed by atoms with van der Waals surface area (Å²) in [5, 5.41) is 17.9. The van der Waals surface area contributed by atoms with Gasteiger partial charge in [0.25, 0.3) is 0 Å². The minimum atomic E-state index is -0.521. The van der Waals surface area contributed by atoms with Crippen LogP contribution in [0.25, 0.3) is 10.2 Å². The molecule has 3 aromatic rings. The van der Waals surface area contributed by atoms with E-state index in [1.165, 1.54) is 16.0 Å².